The summed E-state index contributed by atoms with van der Waals surface area (Å²) >= 11 is 0. The molecule has 0 saturated carbocycles. The van der Waals surface area contributed by atoms with Crippen molar-refractivity contribution in [3.8, 4) is 0 Å². The monoisotopic (exact) mass is 498 g/mol. The molecule has 0 spiro atoms. The first-order chi connectivity index (χ1) is 12.4. The first kappa shape index (κ1) is 37.6. The maximum atomic E-state index is 9.53. The maximum absolute atomic E-state index is 9.53. The van der Waals surface area contributed by atoms with Crippen LogP contribution < -0.4 is 30.6 Å². The van der Waals surface area contributed by atoms with Crippen molar-refractivity contribution in [1.82, 2.24) is 0 Å². The molecule has 0 fully saturated rings. The van der Waals surface area contributed by atoms with Crippen LogP contribution in [0.15, 0.2) is 0 Å². The minimum Gasteiger partial charge on any atom is -0.548 e. The Morgan fingerprint density at radius 3 is 0.552 bits per heavy atom. The summed E-state index contributed by atoms with van der Waals surface area (Å²) < 4.78 is 12.1. The van der Waals surface area contributed by atoms with Gasteiger partial charge in [-0.15, -0.1) is 0 Å². The number of carboxylic acids is 6. The van der Waals surface area contributed by atoms with Crippen LogP contribution in [0.2, 0.25) is 0 Å². The third kappa shape index (κ3) is 58.5. The van der Waals surface area contributed by atoms with Gasteiger partial charge in [-0.25, -0.2) is 0 Å². The van der Waals surface area contributed by atoms with Crippen molar-refractivity contribution < 1.29 is 111 Å². The predicted molar refractivity (Wildman–Crippen MR) is 62.5 cm³/mol. The summed E-state index contributed by atoms with van der Waals surface area (Å²) in [4.78, 5) is 57.2. The fourth-order valence-corrected chi connectivity index (χ4v) is 0.653. The van der Waals surface area contributed by atoms with Crippen LogP contribution in [-0.4, -0.2) is 75.5 Å². The van der Waals surface area contributed by atoms with Crippen molar-refractivity contribution in [2.24, 2.45) is 0 Å². The predicted octanol–water partition coefficient (Wildman–Crippen LogP) is -10.5. The number of carboxylic acid groups (broad SMARTS) is 6. The number of aliphatic carboxylic acids is 6. The van der Waals surface area contributed by atoms with Gasteiger partial charge in [0.15, 0.2) is 0 Å². The fraction of sp³-hybridized carbons (Fsp3) is 0.500. The SMILES string of the molecule is O=C([O-])COCC(=O)[O-].O=C([O-])COCC(=O)[O-].O=C([O-])COCC(=O)[O-].[V+3].[V+3]. The Balaban J connectivity index is -0.0000000960. The standard InChI is InChI=1S/3C4H6O5.2V/c3*5-3(6)1-9-2-4(7)8;;/h3*1-2H2,(H,5,6)(H,7,8);;/q;;;2*+3/p-6. The van der Waals surface area contributed by atoms with Crippen LogP contribution in [0.25, 0.3) is 0 Å². The van der Waals surface area contributed by atoms with Crippen molar-refractivity contribution in [3.05, 3.63) is 0 Å². The quantitative estimate of drug-likeness (QED) is 0.242. The molecule has 0 aliphatic rings. The second-order valence-electron chi connectivity index (χ2n) is 3.71. The number of ether oxygens (including phenoxy) is 3. The molecule has 0 bridgehead atoms. The van der Waals surface area contributed by atoms with E-state index in [1.165, 1.54) is 0 Å². The van der Waals surface area contributed by atoms with Gasteiger partial charge >= 0.3 is 37.1 Å². The molecule has 0 amide bonds. The van der Waals surface area contributed by atoms with E-state index in [2.05, 4.69) is 14.2 Å². The van der Waals surface area contributed by atoms with E-state index in [0.717, 1.165) is 0 Å². The molecule has 0 aromatic heterocycles. The Bertz CT molecular complexity index is 394. The molecule has 0 aliphatic heterocycles. The zero-order valence-electron chi connectivity index (χ0n) is 14.3. The summed E-state index contributed by atoms with van der Waals surface area (Å²) in [5.41, 5.74) is 0. The van der Waals surface area contributed by atoms with Gasteiger partial charge in [-0.2, -0.15) is 0 Å². The van der Waals surface area contributed by atoms with Crippen molar-refractivity contribution in [1.29, 1.82) is 0 Å². The summed E-state index contributed by atoms with van der Waals surface area (Å²) in [5.74, 6) is -8.69. The first-order valence-electron chi connectivity index (χ1n) is 6.30. The minimum absolute atomic E-state index is 0. The van der Waals surface area contributed by atoms with Crippen LogP contribution in [0.1, 0.15) is 0 Å². The molecule has 0 unspecified atom stereocenters. The summed E-state index contributed by atoms with van der Waals surface area (Å²) in [5, 5.41) is 57.2. The van der Waals surface area contributed by atoms with Crippen molar-refractivity contribution in [2.75, 3.05) is 39.6 Å². The van der Waals surface area contributed by atoms with E-state index in [1.54, 1.807) is 0 Å². The molecule has 0 aliphatic carbocycles. The molecule has 0 aromatic carbocycles. The number of hydrogen-bond acceptors (Lipinski definition) is 15. The average molecular weight is 498 g/mol. The Hall–Kier alpha value is -2.13. The topological polar surface area (TPSA) is 268 Å². The average Bonchev–Trinajstić information content (AvgIpc) is 2.46. The zero-order chi connectivity index (χ0) is 21.8. The minimum atomic E-state index is -1.45. The van der Waals surface area contributed by atoms with Gasteiger partial charge in [0, 0.05) is 0 Å². The van der Waals surface area contributed by atoms with Gasteiger partial charge in [-0.05, 0) is 0 Å². The number of rotatable bonds is 12. The Morgan fingerprint density at radius 2 is 0.483 bits per heavy atom. The van der Waals surface area contributed by atoms with Crippen molar-refractivity contribution in [2.45, 2.75) is 0 Å². The smallest absolute Gasteiger partial charge is 0.548 e. The molecule has 0 rings (SSSR count). The Labute approximate surface area is 186 Å². The van der Waals surface area contributed by atoms with Crippen LogP contribution in [-0.2, 0) is 80.1 Å². The number of hydrogen-bond donors (Lipinski definition) is 0. The molecular weight excluding hydrogens is 486 g/mol. The Kier molecular flexibility index (Phi) is 33.5. The van der Waals surface area contributed by atoms with E-state index in [1.807, 2.05) is 0 Å². The van der Waals surface area contributed by atoms with Gasteiger partial charge in [0.25, 0.3) is 0 Å². The molecule has 29 heavy (non-hydrogen) atoms. The molecular formula is C12H12O15V2. The molecule has 0 saturated heterocycles. The van der Waals surface area contributed by atoms with Crippen LogP contribution in [0.4, 0.5) is 0 Å². The van der Waals surface area contributed by atoms with Gasteiger partial charge in [0.05, 0.1) is 75.5 Å². The van der Waals surface area contributed by atoms with E-state index in [-0.39, 0.29) is 37.1 Å². The third-order valence-corrected chi connectivity index (χ3v) is 1.32. The molecule has 15 nitrogen and oxygen atoms in total. The van der Waals surface area contributed by atoms with E-state index >= 15 is 0 Å². The molecule has 0 N–H and O–H groups in total. The zero-order valence-corrected chi connectivity index (χ0v) is 17.1. The van der Waals surface area contributed by atoms with E-state index < -0.39 is 75.5 Å². The Morgan fingerprint density at radius 1 is 0.379 bits per heavy atom. The van der Waals surface area contributed by atoms with Gasteiger partial charge in [-0.3, -0.25) is 0 Å². The summed E-state index contributed by atoms with van der Waals surface area (Å²) in [6.07, 6.45) is 0. The van der Waals surface area contributed by atoms with Crippen molar-refractivity contribution in [3.63, 3.8) is 0 Å². The van der Waals surface area contributed by atoms with Gasteiger partial charge in [0.1, 0.15) is 0 Å². The normalized spacial score (nSPS) is 8.28. The van der Waals surface area contributed by atoms with Crippen LogP contribution in [0.3, 0.4) is 0 Å². The molecule has 160 valence electrons. The maximum Gasteiger partial charge on any atom is 3.00 e. The van der Waals surface area contributed by atoms with Crippen LogP contribution >= 0.6 is 0 Å². The van der Waals surface area contributed by atoms with E-state index in [0.29, 0.717) is 0 Å². The van der Waals surface area contributed by atoms with Crippen LogP contribution in [0.5, 0.6) is 0 Å². The van der Waals surface area contributed by atoms with E-state index in [9.17, 15) is 59.4 Å². The van der Waals surface area contributed by atoms with Gasteiger partial charge in [-0.1, -0.05) is 0 Å². The molecule has 0 atom stereocenters. The molecule has 0 aromatic rings. The largest absolute Gasteiger partial charge is 3.00 e. The second-order valence-corrected chi connectivity index (χ2v) is 3.71. The number of carbonyl (C=O) groups is 6. The van der Waals surface area contributed by atoms with Crippen LogP contribution in [0, 0.1) is 0 Å². The van der Waals surface area contributed by atoms with Gasteiger partial charge < -0.3 is 73.6 Å². The van der Waals surface area contributed by atoms with E-state index in [4.69, 9.17) is 0 Å². The first-order valence-corrected chi connectivity index (χ1v) is 6.30. The summed E-state index contributed by atoms with van der Waals surface area (Å²) in [6, 6.07) is 0. The third-order valence-electron chi connectivity index (χ3n) is 1.32. The second kappa shape index (κ2) is 25.9. The van der Waals surface area contributed by atoms with Gasteiger partial charge in [0.2, 0.25) is 0 Å². The summed E-state index contributed by atoms with van der Waals surface area (Å²) in [6.45, 7) is -4.29. The van der Waals surface area contributed by atoms with Crippen molar-refractivity contribution >= 4 is 35.8 Å². The molecule has 0 heterocycles. The summed E-state index contributed by atoms with van der Waals surface area (Å²) in [7, 11) is 0. The molecule has 0 radical (unpaired) electrons. The number of carbonyl (C=O) groups excluding carboxylic acids is 6. The fourth-order valence-electron chi connectivity index (χ4n) is 0.653. The molecule has 17 heteroatoms.